The fraction of sp³-hybridized carbons (Fsp3) is 0.133. The van der Waals surface area contributed by atoms with E-state index in [1.807, 2.05) is 36.6 Å². The molecule has 4 nitrogen and oxygen atoms in total. The smallest absolute Gasteiger partial charge is 0.128 e. The molecule has 0 amide bonds. The lowest BCUT2D eigenvalue weighted by molar-refractivity contribution is 1.06. The van der Waals surface area contributed by atoms with Gasteiger partial charge in [-0.05, 0) is 19.1 Å². The summed E-state index contributed by atoms with van der Waals surface area (Å²) in [7, 11) is 0. The van der Waals surface area contributed by atoms with Crippen molar-refractivity contribution in [3.8, 4) is 6.07 Å². The first-order chi connectivity index (χ1) is 9.76. The Morgan fingerprint density at radius 3 is 2.90 bits per heavy atom. The third-order valence-corrected chi connectivity index (χ3v) is 3.89. The first-order valence-electron chi connectivity index (χ1n) is 6.21. The van der Waals surface area contributed by atoms with Crippen LogP contribution in [0.5, 0.6) is 0 Å². The molecular weight excluding hydrogens is 268 g/mol. The minimum atomic E-state index is 0.620. The van der Waals surface area contributed by atoms with E-state index in [0.717, 1.165) is 21.6 Å². The molecule has 1 aromatic carbocycles. The molecule has 0 saturated heterocycles. The van der Waals surface area contributed by atoms with Gasteiger partial charge in [-0.3, -0.25) is 0 Å². The molecule has 0 fully saturated rings. The molecule has 2 aromatic heterocycles. The number of aromatic nitrogens is 2. The van der Waals surface area contributed by atoms with Gasteiger partial charge in [0.1, 0.15) is 10.8 Å². The van der Waals surface area contributed by atoms with E-state index in [4.69, 9.17) is 0 Å². The fourth-order valence-corrected chi connectivity index (χ4v) is 2.72. The van der Waals surface area contributed by atoms with Crippen LogP contribution >= 0.6 is 11.3 Å². The van der Waals surface area contributed by atoms with Crippen molar-refractivity contribution in [1.82, 2.24) is 9.97 Å². The summed E-state index contributed by atoms with van der Waals surface area (Å²) in [5, 5.41) is 16.4. The normalized spacial score (nSPS) is 10.4. The second kappa shape index (κ2) is 5.27. The van der Waals surface area contributed by atoms with Crippen molar-refractivity contribution in [3.05, 3.63) is 52.0 Å². The Labute approximate surface area is 120 Å². The largest absolute Gasteiger partial charge is 0.364 e. The lowest BCUT2D eigenvalue weighted by atomic mass is 10.1. The Morgan fingerprint density at radius 2 is 2.15 bits per heavy atom. The third kappa shape index (κ3) is 2.46. The van der Waals surface area contributed by atoms with E-state index < -0.39 is 0 Å². The van der Waals surface area contributed by atoms with Crippen LogP contribution < -0.4 is 5.32 Å². The van der Waals surface area contributed by atoms with Crippen LogP contribution in [-0.4, -0.2) is 9.97 Å². The Balaban J connectivity index is 1.90. The molecule has 2 heterocycles. The van der Waals surface area contributed by atoms with Gasteiger partial charge in [0.05, 0.1) is 23.7 Å². The summed E-state index contributed by atoms with van der Waals surface area (Å²) >= 11 is 1.62. The van der Waals surface area contributed by atoms with Crippen LogP contribution in [0.25, 0.3) is 10.9 Å². The van der Waals surface area contributed by atoms with E-state index >= 15 is 0 Å². The maximum absolute atomic E-state index is 9.23. The molecule has 0 saturated carbocycles. The number of benzene rings is 1. The highest BCUT2D eigenvalue weighted by molar-refractivity contribution is 7.09. The molecule has 20 heavy (non-hydrogen) atoms. The van der Waals surface area contributed by atoms with Crippen molar-refractivity contribution in [2.24, 2.45) is 0 Å². The van der Waals surface area contributed by atoms with Gasteiger partial charge in [-0.2, -0.15) is 5.26 Å². The summed E-state index contributed by atoms with van der Waals surface area (Å²) in [5.74, 6) is 0.702. The number of para-hydroxylation sites is 1. The standard InChI is InChI=1S/C15H12N4S/c1-10-9-20-15(18-10)8-17-14-6-11(7-16)12-4-2-3-5-13(12)19-14/h2-6,9H,8H2,1H3,(H,17,19). The van der Waals surface area contributed by atoms with Gasteiger partial charge in [0, 0.05) is 16.5 Å². The lowest BCUT2D eigenvalue weighted by Crippen LogP contribution is -2.02. The minimum Gasteiger partial charge on any atom is -0.364 e. The van der Waals surface area contributed by atoms with E-state index in [2.05, 4.69) is 21.4 Å². The summed E-state index contributed by atoms with van der Waals surface area (Å²) in [6.45, 7) is 2.59. The van der Waals surface area contributed by atoms with Crippen molar-refractivity contribution in [2.75, 3.05) is 5.32 Å². The van der Waals surface area contributed by atoms with Crippen LogP contribution in [0, 0.1) is 18.3 Å². The maximum atomic E-state index is 9.23. The number of anilines is 1. The monoisotopic (exact) mass is 280 g/mol. The van der Waals surface area contributed by atoms with Gasteiger partial charge in [0.2, 0.25) is 0 Å². The molecule has 0 spiro atoms. The molecule has 0 radical (unpaired) electrons. The number of pyridine rings is 1. The fourth-order valence-electron chi connectivity index (χ4n) is 2.01. The van der Waals surface area contributed by atoms with Gasteiger partial charge < -0.3 is 5.32 Å². The Bertz CT molecular complexity index is 801. The van der Waals surface area contributed by atoms with Crippen molar-refractivity contribution in [1.29, 1.82) is 5.26 Å². The van der Waals surface area contributed by atoms with Crippen LogP contribution in [0.4, 0.5) is 5.82 Å². The van der Waals surface area contributed by atoms with E-state index in [-0.39, 0.29) is 0 Å². The zero-order valence-corrected chi connectivity index (χ0v) is 11.7. The van der Waals surface area contributed by atoms with Crippen molar-refractivity contribution >= 4 is 28.1 Å². The number of aryl methyl sites for hydroxylation is 1. The number of rotatable bonds is 3. The van der Waals surface area contributed by atoms with Gasteiger partial charge in [-0.25, -0.2) is 9.97 Å². The summed E-state index contributed by atoms with van der Waals surface area (Å²) in [5.41, 5.74) is 2.48. The molecule has 0 aliphatic carbocycles. The number of thiazole rings is 1. The molecule has 98 valence electrons. The predicted octanol–water partition coefficient (Wildman–Crippen LogP) is 3.48. The highest BCUT2D eigenvalue weighted by atomic mass is 32.1. The van der Waals surface area contributed by atoms with E-state index in [9.17, 15) is 5.26 Å². The molecule has 3 aromatic rings. The number of fused-ring (bicyclic) bond motifs is 1. The van der Waals surface area contributed by atoms with Crippen LogP contribution in [0.3, 0.4) is 0 Å². The quantitative estimate of drug-likeness (QED) is 0.797. The zero-order valence-electron chi connectivity index (χ0n) is 10.9. The van der Waals surface area contributed by atoms with Crippen LogP contribution in [0.1, 0.15) is 16.3 Å². The maximum Gasteiger partial charge on any atom is 0.128 e. The summed E-state index contributed by atoms with van der Waals surface area (Å²) in [6, 6.07) is 11.7. The molecular formula is C15H12N4S. The molecule has 0 aliphatic rings. The molecule has 1 N–H and O–H groups in total. The third-order valence-electron chi connectivity index (χ3n) is 2.92. The van der Waals surface area contributed by atoms with Gasteiger partial charge in [-0.15, -0.1) is 11.3 Å². The Morgan fingerprint density at radius 1 is 1.30 bits per heavy atom. The highest BCUT2D eigenvalue weighted by Gasteiger charge is 2.05. The SMILES string of the molecule is Cc1csc(CNc2cc(C#N)c3ccccc3n2)n1. The summed E-state index contributed by atoms with van der Waals surface area (Å²) in [4.78, 5) is 8.91. The average Bonchev–Trinajstić information content (AvgIpc) is 2.90. The minimum absolute atomic E-state index is 0.620. The van der Waals surface area contributed by atoms with Gasteiger partial charge in [0.25, 0.3) is 0 Å². The Kier molecular flexibility index (Phi) is 3.32. The number of hydrogen-bond donors (Lipinski definition) is 1. The van der Waals surface area contributed by atoms with Crippen LogP contribution in [-0.2, 0) is 6.54 Å². The van der Waals surface area contributed by atoms with Crippen molar-refractivity contribution in [3.63, 3.8) is 0 Å². The summed E-state index contributed by atoms with van der Waals surface area (Å²) in [6.07, 6.45) is 0. The second-order valence-electron chi connectivity index (χ2n) is 4.42. The van der Waals surface area contributed by atoms with Gasteiger partial charge in [0.15, 0.2) is 0 Å². The first kappa shape index (κ1) is 12.6. The molecule has 0 aliphatic heterocycles. The molecule has 0 unspecified atom stereocenters. The second-order valence-corrected chi connectivity index (χ2v) is 5.36. The molecule has 0 bridgehead atoms. The zero-order chi connectivity index (χ0) is 13.9. The first-order valence-corrected chi connectivity index (χ1v) is 7.09. The number of hydrogen-bond acceptors (Lipinski definition) is 5. The Hall–Kier alpha value is -2.45. The predicted molar refractivity (Wildman–Crippen MR) is 80.6 cm³/mol. The van der Waals surface area contributed by atoms with Crippen LogP contribution in [0.2, 0.25) is 0 Å². The van der Waals surface area contributed by atoms with Crippen molar-refractivity contribution < 1.29 is 0 Å². The van der Waals surface area contributed by atoms with E-state index in [1.54, 1.807) is 17.4 Å². The van der Waals surface area contributed by atoms with Gasteiger partial charge >= 0.3 is 0 Å². The average molecular weight is 280 g/mol. The molecule has 3 rings (SSSR count). The number of nitriles is 1. The lowest BCUT2D eigenvalue weighted by Gasteiger charge is -2.06. The number of nitrogens with zero attached hydrogens (tertiary/aromatic N) is 3. The molecule has 5 heteroatoms. The highest BCUT2D eigenvalue weighted by Crippen LogP contribution is 2.20. The number of nitrogens with one attached hydrogen (secondary N) is 1. The topological polar surface area (TPSA) is 61.6 Å². The molecule has 0 atom stereocenters. The van der Waals surface area contributed by atoms with Crippen molar-refractivity contribution in [2.45, 2.75) is 13.5 Å². The van der Waals surface area contributed by atoms with E-state index in [0.29, 0.717) is 17.9 Å². The van der Waals surface area contributed by atoms with Gasteiger partial charge in [-0.1, -0.05) is 18.2 Å². The van der Waals surface area contributed by atoms with Crippen LogP contribution in [0.15, 0.2) is 35.7 Å². The van der Waals surface area contributed by atoms with E-state index in [1.165, 1.54) is 0 Å². The summed E-state index contributed by atoms with van der Waals surface area (Å²) < 4.78 is 0.